The summed E-state index contributed by atoms with van der Waals surface area (Å²) in [4.78, 5) is 0. The van der Waals surface area contributed by atoms with Gasteiger partial charge in [0.15, 0.2) is 5.82 Å². The molecule has 18 heavy (non-hydrogen) atoms. The molecule has 1 aromatic carbocycles. The van der Waals surface area contributed by atoms with Gasteiger partial charge >= 0.3 is 0 Å². The molecule has 1 aliphatic carbocycles. The van der Waals surface area contributed by atoms with Gasteiger partial charge in [-0.15, -0.1) is 5.10 Å². The van der Waals surface area contributed by atoms with E-state index in [9.17, 15) is 0 Å². The van der Waals surface area contributed by atoms with Crippen LogP contribution in [0.15, 0.2) is 22.7 Å². The zero-order valence-corrected chi connectivity index (χ0v) is 11.6. The highest BCUT2D eigenvalue weighted by Gasteiger charge is 2.39. The third-order valence-electron chi connectivity index (χ3n) is 3.45. The van der Waals surface area contributed by atoms with Crippen LogP contribution in [0.2, 0.25) is 0 Å². The van der Waals surface area contributed by atoms with Gasteiger partial charge in [-0.3, -0.25) is 0 Å². The minimum Gasteiger partial charge on any atom is -0.399 e. The van der Waals surface area contributed by atoms with Crippen molar-refractivity contribution in [2.75, 3.05) is 5.73 Å². The van der Waals surface area contributed by atoms with E-state index in [1.807, 2.05) is 22.9 Å². The monoisotopic (exact) mass is 307 g/mol. The molecular weight excluding hydrogens is 294 g/mol. The summed E-state index contributed by atoms with van der Waals surface area (Å²) in [5.74, 6) is 1.49. The van der Waals surface area contributed by atoms with Gasteiger partial charge in [0.05, 0.1) is 6.04 Å². The molecule has 1 heterocycles. The zero-order chi connectivity index (χ0) is 12.7. The normalized spacial score (nSPS) is 22.1. The average Bonchev–Trinajstić information content (AvgIpc) is 3.00. The largest absolute Gasteiger partial charge is 0.399 e. The lowest BCUT2D eigenvalue weighted by atomic mass is 10.2. The minimum absolute atomic E-state index is 0.438. The van der Waals surface area contributed by atoms with Crippen LogP contribution in [0.5, 0.6) is 0 Å². The number of nitrogen functional groups attached to an aromatic ring is 1. The maximum absolute atomic E-state index is 5.83. The molecule has 3 rings (SSSR count). The Morgan fingerprint density at radius 2 is 2.33 bits per heavy atom. The molecule has 0 radical (unpaired) electrons. The van der Waals surface area contributed by atoms with E-state index in [1.165, 1.54) is 6.42 Å². The first-order valence-corrected chi connectivity index (χ1v) is 6.83. The summed E-state index contributed by atoms with van der Waals surface area (Å²) in [6, 6.07) is 6.12. The van der Waals surface area contributed by atoms with E-state index in [0.29, 0.717) is 17.6 Å². The lowest BCUT2D eigenvalue weighted by Crippen LogP contribution is -2.02. The number of hydrogen-bond acceptors (Lipinski definition) is 4. The second-order valence-corrected chi connectivity index (χ2v) is 5.51. The Labute approximate surface area is 113 Å². The fourth-order valence-electron chi connectivity index (χ4n) is 2.28. The van der Waals surface area contributed by atoms with E-state index in [4.69, 9.17) is 5.73 Å². The Bertz CT molecular complexity index is 580. The Balaban J connectivity index is 2.02. The number of rotatable bonds is 3. The third kappa shape index (κ3) is 1.90. The standard InChI is InChI=1S/C12H14BrN5/c1-2-7-5-11(7)18-12(15-16-17-18)9-6-8(14)3-4-10(9)13/h3-4,6-7,11H,2,5,14H2,1H3. The van der Waals surface area contributed by atoms with Gasteiger partial charge in [-0.1, -0.05) is 29.3 Å². The molecule has 5 nitrogen and oxygen atoms in total. The zero-order valence-electron chi connectivity index (χ0n) is 10.0. The number of nitrogens with two attached hydrogens (primary N) is 1. The molecule has 1 aliphatic rings. The highest BCUT2D eigenvalue weighted by Crippen LogP contribution is 2.46. The molecule has 94 valence electrons. The maximum atomic E-state index is 5.83. The van der Waals surface area contributed by atoms with E-state index in [2.05, 4.69) is 38.4 Å². The number of aromatic nitrogens is 4. The van der Waals surface area contributed by atoms with Crippen LogP contribution in [-0.2, 0) is 0 Å². The Morgan fingerprint density at radius 3 is 3.06 bits per heavy atom. The summed E-state index contributed by atoms with van der Waals surface area (Å²) >= 11 is 3.52. The van der Waals surface area contributed by atoms with Crippen LogP contribution >= 0.6 is 15.9 Å². The van der Waals surface area contributed by atoms with Gasteiger partial charge in [-0.05, 0) is 41.0 Å². The fourth-order valence-corrected chi connectivity index (χ4v) is 2.70. The first-order valence-electron chi connectivity index (χ1n) is 6.04. The molecule has 2 unspecified atom stereocenters. The van der Waals surface area contributed by atoms with Crippen LogP contribution in [0.25, 0.3) is 11.4 Å². The van der Waals surface area contributed by atoms with Crippen LogP contribution < -0.4 is 5.73 Å². The van der Waals surface area contributed by atoms with Gasteiger partial charge in [-0.2, -0.15) is 0 Å². The summed E-state index contributed by atoms with van der Waals surface area (Å²) < 4.78 is 2.88. The molecule has 0 aliphatic heterocycles. The van der Waals surface area contributed by atoms with Crippen LogP contribution in [0.4, 0.5) is 5.69 Å². The van der Waals surface area contributed by atoms with Gasteiger partial charge in [-0.25, -0.2) is 4.68 Å². The van der Waals surface area contributed by atoms with Crippen molar-refractivity contribution in [3.8, 4) is 11.4 Å². The molecule has 0 spiro atoms. The predicted molar refractivity (Wildman–Crippen MR) is 72.8 cm³/mol. The maximum Gasteiger partial charge on any atom is 0.183 e. The first-order chi connectivity index (χ1) is 8.70. The van der Waals surface area contributed by atoms with E-state index < -0.39 is 0 Å². The molecule has 0 bridgehead atoms. The Morgan fingerprint density at radius 1 is 1.50 bits per heavy atom. The quantitative estimate of drug-likeness (QED) is 0.885. The van der Waals surface area contributed by atoms with Crippen molar-refractivity contribution >= 4 is 21.6 Å². The number of halogens is 1. The van der Waals surface area contributed by atoms with Gasteiger partial charge in [0.1, 0.15) is 0 Å². The van der Waals surface area contributed by atoms with Crippen molar-refractivity contribution in [2.45, 2.75) is 25.8 Å². The summed E-state index contributed by atoms with van der Waals surface area (Å²) in [5.41, 5.74) is 7.49. The summed E-state index contributed by atoms with van der Waals surface area (Å²) in [6.07, 6.45) is 2.33. The number of anilines is 1. The molecule has 1 saturated carbocycles. The number of nitrogens with zero attached hydrogens (tertiary/aromatic N) is 4. The lowest BCUT2D eigenvalue weighted by Gasteiger charge is -2.06. The molecule has 6 heteroatoms. The van der Waals surface area contributed by atoms with Crippen LogP contribution in [0, 0.1) is 5.92 Å². The van der Waals surface area contributed by atoms with Gasteiger partial charge < -0.3 is 5.73 Å². The molecule has 2 atom stereocenters. The molecule has 0 amide bonds. The number of benzene rings is 1. The molecule has 1 fully saturated rings. The van der Waals surface area contributed by atoms with Gasteiger partial charge in [0.2, 0.25) is 0 Å². The van der Waals surface area contributed by atoms with E-state index >= 15 is 0 Å². The van der Waals surface area contributed by atoms with Crippen molar-refractivity contribution in [3.63, 3.8) is 0 Å². The molecule has 2 aromatic rings. The summed E-state index contributed by atoms with van der Waals surface area (Å²) in [5, 5.41) is 12.1. The van der Waals surface area contributed by atoms with Crippen molar-refractivity contribution in [1.82, 2.24) is 20.2 Å². The highest BCUT2D eigenvalue weighted by molar-refractivity contribution is 9.10. The summed E-state index contributed by atoms with van der Waals surface area (Å²) in [7, 11) is 0. The van der Waals surface area contributed by atoms with E-state index in [-0.39, 0.29) is 0 Å². The molecule has 1 aromatic heterocycles. The third-order valence-corrected chi connectivity index (χ3v) is 4.14. The minimum atomic E-state index is 0.438. The van der Waals surface area contributed by atoms with Crippen molar-refractivity contribution in [2.24, 2.45) is 5.92 Å². The second-order valence-electron chi connectivity index (χ2n) is 4.66. The Hall–Kier alpha value is -1.43. The van der Waals surface area contributed by atoms with Gasteiger partial charge in [0.25, 0.3) is 0 Å². The van der Waals surface area contributed by atoms with Crippen molar-refractivity contribution < 1.29 is 0 Å². The van der Waals surface area contributed by atoms with E-state index in [0.717, 1.165) is 22.3 Å². The van der Waals surface area contributed by atoms with Gasteiger partial charge in [0, 0.05) is 15.7 Å². The van der Waals surface area contributed by atoms with Crippen molar-refractivity contribution in [3.05, 3.63) is 22.7 Å². The number of tetrazole rings is 1. The fraction of sp³-hybridized carbons (Fsp3) is 0.417. The molecule has 2 N–H and O–H groups in total. The van der Waals surface area contributed by atoms with Crippen molar-refractivity contribution in [1.29, 1.82) is 0 Å². The van der Waals surface area contributed by atoms with Crippen LogP contribution in [0.3, 0.4) is 0 Å². The smallest absolute Gasteiger partial charge is 0.183 e. The topological polar surface area (TPSA) is 69.6 Å². The predicted octanol–water partition coefficient (Wildman–Crippen LogP) is 2.66. The van der Waals surface area contributed by atoms with Crippen LogP contribution in [0.1, 0.15) is 25.8 Å². The average molecular weight is 308 g/mol. The van der Waals surface area contributed by atoms with E-state index in [1.54, 1.807) is 0 Å². The summed E-state index contributed by atoms with van der Waals surface area (Å²) in [6.45, 7) is 2.20. The molecular formula is C12H14BrN5. The SMILES string of the molecule is CCC1CC1n1nnnc1-c1cc(N)ccc1Br. The first kappa shape index (κ1) is 11.6. The Kier molecular flexibility index (Phi) is 2.81. The highest BCUT2D eigenvalue weighted by atomic mass is 79.9. The second kappa shape index (κ2) is 4.35. The lowest BCUT2D eigenvalue weighted by molar-refractivity contribution is 0.563. The van der Waals surface area contributed by atoms with Crippen LogP contribution in [-0.4, -0.2) is 20.2 Å². The number of hydrogen-bond donors (Lipinski definition) is 1. The molecule has 0 saturated heterocycles.